The molecule has 1 aliphatic rings. The number of carbonyl (C=O) groups is 1. The second-order valence-electron chi connectivity index (χ2n) is 4.49. The molecule has 2 aromatic carbocycles. The van der Waals surface area contributed by atoms with Crippen LogP contribution in [0.3, 0.4) is 0 Å². The molecule has 2 aromatic rings. The molecule has 1 aliphatic heterocycles. The molecule has 0 aromatic heterocycles. The summed E-state index contributed by atoms with van der Waals surface area (Å²) >= 11 is 1.34. The van der Waals surface area contributed by atoms with Gasteiger partial charge in [0.25, 0.3) is 0 Å². The molecule has 0 bridgehead atoms. The zero-order valence-corrected chi connectivity index (χ0v) is 12.1. The van der Waals surface area contributed by atoms with Gasteiger partial charge < -0.3 is 9.47 Å². The van der Waals surface area contributed by atoms with Crippen LogP contribution in [0.2, 0.25) is 0 Å². The molecule has 20 heavy (non-hydrogen) atoms. The summed E-state index contributed by atoms with van der Waals surface area (Å²) in [7, 11) is 3.18. The van der Waals surface area contributed by atoms with Crippen molar-refractivity contribution in [2.75, 3.05) is 14.2 Å². The van der Waals surface area contributed by atoms with Crippen molar-refractivity contribution < 1.29 is 14.3 Å². The van der Waals surface area contributed by atoms with Gasteiger partial charge in [-0.15, -0.1) is 0 Å². The van der Waals surface area contributed by atoms with Crippen molar-refractivity contribution >= 4 is 16.9 Å². The molecule has 0 aliphatic carbocycles. The molecular formula is C16H14O3S. The SMILES string of the molecule is COc1cc2c(cc1OC)C(c1ccccc1)SC2=O. The number of rotatable bonds is 3. The van der Waals surface area contributed by atoms with Gasteiger partial charge in [-0.2, -0.15) is 0 Å². The van der Waals surface area contributed by atoms with Crippen molar-refractivity contribution in [2.24, 2.45) is 0 Å². The predicted molar refractivity (Wildman–Crippen MR) is 79.8 cm³/mol. The second kappa shape index (κ2) is 5.21. The highest BCUT2D eigenvalue weighted by atomic mass is 32.2. The zero-order chi connectivity index (χ0) is 14.1. The van der Waals surface area contributed by atoms with Crippen LogP contribution in [0.15, 0.2) is 42.5 Å². The van der Waals surface area contributed by atoms with Gasteiger partial charge in [0.1, 0.15) is 0 Å². The maximum atomic E-state index is 12.2. The van der Waals surface area contributed by atoms with Crippen LogP contribution in [0.5, 0.6) is 11.5 Å². The number of hydrogen-bond acceptors (Lipinski definition) is 4. The number of carbonyl (C=O) groups excluding carboxylic acids is 1. The molecule has 1 atom stereocenters. The lowest BCUT2D eigenvalue weighted by atomic mass is 9.99. The highest BCUT2D eigenvalue weighted by molar-refractivity contribution is 8.15. The van der Waals surface area contributed by atoms with Crippen LogP contribution in [0.4, 0.5) is 0 Å². The number of methoxy groups -OCH3 is 2. The van der Waals surface area contributed by atoms with E-state index in [0.717, 1.165) is 11.1 Å². The number of hydrogen-bond donors (Lipinski definition) is 0. The molecule has 3 nitrogen and oxygen atoms in total. The summed E-state index contributed by atoms with van der Waals surface area (Å²) in [5, 5.41) is 0.105. The van der Waals surface area contributed by atoms with Gasteiger partial charge >= 0.3 is 0 Å². The van der Waals surface area contributed by atoms with E-state index in [1.165, 1.54) is 11.8 Å². The van der Waals surface area contributed by atoms with Crippen molar-refractivity contribution in [3.05, 3.63) is 59.2 Å². The lowest BCUT2D eigenvalue weighted by molar-refractivity contribution is 0.109. The number of fused-ring (bicyclic) bond motifs is 1. The zero-order valence-electron chi connectivity index (χ0n) is 11.3. The van der Waals surface area contributed by atoms with E-state index >= 15 is 0 Å². The van der Waals surface area contributed by atoms with E-state index in [-0.39, 0.29) is 10.4 Å². The minimum atomic E-state index is 0.0264. The topological polar surface area (TPSA) is 35.5 Å². The Balaban J connectivity index is 2.12. The number of benzene rings is 2. The Morgan fingerprint density at radius 1 is 1.00 bits per heavy atom. The number of thioether (sulfide) groups is 1. The summed E-state index contributed by atoms with van der Waals surface area (Å²) in [6.45, 7) is 0. The highest BCUT2D eigenvalue weighted by Crippen LogP contribution is 2.48. The predicted octanol–water partition coefficient (Wildman–Crippen LogP) is 3.68. The maximum Gasteiger partial charge on any atom is 0.220 e. The van der Waals surface area contributed by atoms with Gasteiger partial charge in [0.2, 0.25) is 5.12 Å². The van der Waals surface area contributed by atoms with Gasteiger partial charge in [0.05, 0.1) is 19.5 Å². The Kier molecular flexibility index (Phi) is 3.40. The van der Waals surface area contributed by atoms with Crippen LogP contribution < -0.4 is 9.47 Å². The van der Waals surface area contributed by atoms with Crippen LogP contribution in [0.25, 0.3) is 0 Å². The molecule has 0 fully saturated rings. The van der Waals surface area contributed by atoms with Gasteiger partial charge in [-0.25, -0.2) is 0 Å². The Morgan fingerprint density at radius 3 is 2.30 bits per heavy atom. The van der Waals surface area contributed by atoms with E-state index in [2.05, 4.69) is 0 Å². The summed E-state index contributed by atoms with van der Waals surface area (Å²) in [6.07, 6.45) is 0. The van der Waals surface area contributed by atoms with Gasteiger partial charge in [0, 0.05) is 5.56 Å². The van der Waals surface area contributed by atoms with Crippen molar-refractivity contribution in [1.82, 2.24) is 0 Å². The quantitative estimate of drug-likeness (QED) is 0.862. The van der Waals surface area contributed by atoms with E-state index in [0.29, 0.717) is 17.1 Å². The molecule has 1 heterocycles. The summed E-state index contributed by atoms with van der Waals surface area (Å²) in [4.78, 5) is 12.2. The molecule has 0 saturated carbocycles. The average Bonchev–Trinajstić information content (AvgIpc) is 2.83. The van der Waals surface area contributed by atoms with E-state index in [9.17, 15) is 4.79 Å². The van der Waals surface area contributed by atoms with E-state index in [1.54, 1.807) is 20.3 Å². The molecule has 4 heteroatoms. The smallest absolute Gasteiger partial charge is 0.220 e. The van der Waals surface area contributed by atoms with Crippen molar-refractivity contribution in [3.8, 4) is 11.5 Å². The summed E-state index contributed by atoms with van der Waals surface area (Å²) in [5.41, 5.74) is 2.82. The fourth-order valence-electron chi connectivity index (χ4n) is 2.40. The van der Waals surface area contributed by atoms with E-state index in [4.69, 9.17) is 9.47 Å². The summed E-state index contributed by atoms with van der Waals surface area (Å²) in [6, 6.07) is 13.7. The first-order chi connectivity index (χ1) is 9.74. The monoisotopic (exact) mass is 286 g/mol. The largest absolute Gasteiger partial charge is 0.493 e. The van der Waals surface area contributed by atoms with Gasteiger partial charge in [0.15, 0.2) is 11.5 Å². The lowest BCUT2D eigenvalue weighted by Gasteiger charge is -2.13. The van der Waals surface area contributed by atoms with E-state index in [1.807, 2.05) is 36.4 Å². The number of ether oxygens (including phenoxy) is 2. The fourth-order valence-corrected chi connectivity index (χ4v) is 3.53. The standard InChI is InChI=1S/C16H14O3S/c1-18-13-8-11-12(9-14(13)19-2)16(17)20-15(11)10-6-4-3-5-7-10/h3-9,15H,1-2H3. The molecular weight excluding hydrogens is 272 g/mol. The highest BCUT2D eigenvalue weighted by Gasteiger charge is 2.33. The molecule has 3 rings (SSSR count). The lowest BCUT2D eigenvalue weighted by Crippen LogP contribution is -1.97. The molecule has 0 amide bonds. The van der Waals surface area contributed by atoms with Crippen molar-refractivity contribution in [3.63, 3.8) is 0 Å². The molecule has 1 unspecified atom stereocenters. The van der Waals surface area contributed by atoms with Gasteiger partial charge in [-0.3, -0.25) is 4.79 Å². The third-order valence-electron chi connectivity index (χ3n) is 3.39. The van der Waals surface area contributed by atoms with Crippen LogP contribution in [-0.2, 0) is 0 Å². The normalized spacial score (nSPS) is 16.9. The molecule has 0 saturated heterocycles. The minimum Gasteiger partial charge on any atom is -0.493 e. The van der Waals surface area contributed by atoms with E-state index < -0.39 is 0 Å². The maximum absolute atomic E-state index is 12.2. The fraction of sp³-hybridized carbons (Fsp3) is 0.188. The summed E-state index contributed by atoms with van der Waals surface area (Å²) < 4.78 is 10.6. The van der Waals surface area contributed by atoms with Crippen LogP contribution in [0, 0.1) is 0 Å². The molecule has 102 valence electrons. The third-order valence-corrected chi connectivity index (χ3v) is 4.58. The Morgan fingerprint density at radius 2 is 1.65 bits per heavy atom. The van der Waals surface area contributed by atoms with Crippen LogP contribution in [0.1, 0.15) is 26.7 Å². The third kappa shape index (κ3) is 2.06. The average molecular weight is 286 g/mol. The molecule has 0 N–H and O–H groups in total. The minimum absolute atomic E-state index is 0.0264. The Hall–Kier alpha value is -1.94. The Labute approximate surface area is 121 Å². The summed E-state index contributed by atoms with van der Waals surface area (Å²) in [5.74, 6) is 1.25. The second-order valence-corrected chi connectivity index (χ2v) is 5.57. The molecule has 0 spiro atoms. The van der Waals surface area contributed by atoms with Crippen LogP contribution in [-0.4, -0.2) is 19.3 Å². The van der Waals surface area contributed by atoms with Gasteiger partial charge in [-0.1, -0.05) is 42.1 Å². The first kappa shape index (κ1) is 13.1. The molecule has 0 radical (unpaired) electrons. The van der Waals surface area contributed by atoms with Crippen molar-refractivity contribution in [2.45, 2.75) is 5.25 Å². The first-order valence-corrected chi connectivity index (χ1v) is 7.14. The van der Waals surface area contributed by atoms with Crippen LogP contribution >= 0.6 is 11.8 Å². The Bertz CT molecular complexity index is 652. The van der Waals surface area contributed by atoms with Gasteiger partial charge in [-0.05, 0) is 23.3 Å². The first-order valence-electron chi connectivity index (χ1n) is 6.26. The van der Waals surface area contributed by atoms with Crippen molar-refractivity contribution in [1.29, 1.82) is 0 Å².